The summed E-state index contributed by atoms with van der Waals surface area (Å²) in [5.74, 6) is 0. The van der Waals surface area contributed by atoms with Crippen LogP contribution in [-0.4, -0.2) is 41.8 Å². The predicted octanol–water partition coefficient (Wildman–Crippen LogP) is 0.904. The number of carboxylic acid groups (broad SMARTS) is 1. The number of rotatable bonds is 3. The smallest absolute Gasteiger partial charge is 0.407 e. The van der Waals surface area contributed by atoms with Crippen molar-refractivity contribution >= 4 is 6.09 Å². The van der Waals surface area contributed by atoms with Crippen LogP contribution in [0.25, 0.3) is 0 Å². The number of nitrogens with one attached hydrogen (secondary N) is 1. The Morgan fingerprint density at radius 2 is 2.54 bits per heavy atom. The molecular weight excluding hydrogens is 168 g/mol. The Hall–Kier alpha value is -1.03. The van der Waals surface area contributed by atoms with Gasteiger partial charge in [0.1, 0.15) is 0 Å². The van der Waals surface area contributed by atoms with Crippen molar-refractivity contribution in [1.29, 1.82) is 0 Å². The zero-order valence-electron chi connectivity index (χ0n) is 7.70. The number of nitrogens with zero attached hydrogens (tertiary/aromatic N) is 1. The molecule has 1 atom stereocenters. The van der Waals surface area contributed by atoms with Crippen molar-refractivity contribution in [2.45, 2.75) is 18.9 Å². The molecule has 0 aromatic carbocycles. The molecule has 4 heteroatoms. The van der Waals surface area contributed by atoms with Crippen LogP contribution in [0, 0.1) is 0 Å². The van der Waals surface area contributed by atoms with Crippen molar-refractivity contribution in [3.63, 3.8) is 0 Å². The van der Waals surface area contributed by atoms with Crippen LogP contribution in [0.4, 0.5) is 4.79 Å². The van der Waals surface area contributed by atoms with Crippen LogP contribution in [0.2, 0.25) is 0 Å². The maximum atomic E-state index is 10.7. The number of amides is 1. The van der Waals surface area contributed by atoms with Crippen molar-refractivity contribution in [3.05, 3.63) is 12.7 Å². The third kappa shape index (κ3) is 3.06. The molecule has 0 spiro atoms. The van der Waals surface area contributed by atoms with E-state index in [1.807, 2.05) is 0 Å². The van der Waals surface area contributed by atoms with Gasteiger partial charge in [0.15, 0.2) is 0 Å². The molecule has 0 saturated carbocycles. The van der Waals surface area contributed by atoms with E-state index in [4.69, 9.17) is 5.11 Å². The maximum absolute atomic E-state index is 10.7. The highest BCUT2D eigenvalue weighted by atomic mass is 16.4. The average molecular weight is 184 g/mol. The van der Waals surface area contributed by atoms with Crippen molar-refractivity contribution in [2.75, 3.05) is 19.6 Å². The van der Waals surface area contributed by atoms with E-state index < -0.39 is 6.09 Å². The topological polar surface area (TPSA) is 52.6 Å². The van der Waals surface area contributed by atoms with Crippen LogP contribution in [-0.2, 0) is 0 Å². The van der Waals surface area contributed by atoms with Gasteiger partial charge in [0, 0.05) is 25.7 Å². The third-order valence-corrected chi connectivity index (χ3v) is 2.24. The second kappa shape index (κ2) is 4.87. The summed E-state index contributed by atoms with van der Waals surface area (Å²) in [6.07, 6.45) is 2.98. The monoisotopic (exact) mass is 184 g/mol. The van der Waals surface area contributed by atoms with Gasteiger partial charge >= 0.3 is 6.09 Å². The summed E-state index contributed by atoms with van der Waals surface area (Å²) < 4.78 is 0. The van der Waals surface area contributed by atoms with Crippen molar-refractivity contribution in [3.8, 4) is 0 Å². The van der Waals surface area contributed by atoms with Gasteiger partial charge in [0.05, 0.1) is 0 Å². The predicted molar refractivity (Wildman–Crippen MR) is 50.8 cm³/mol. The molecule has 1 rings (SSSR count). The first kappa shape index (κ1) is 10.1. The highest BCUT2D eigenvalue weighted by molar-refractivity contribution is 5.65. The van der Waals surface area contributed by atoms with Crippen LogP contribution in [0.15, 0.2) is 12.7 Å². The quantitative estimate of drug-likeness (QED) is 0.641. The van der Waals surface area contributed by atoms with E-state index in [9.17, 15) is 4.79 Å². The van der Waals surface area contributed by atoms with Crippen LogP contribution in [0.3, 0.4) is 0 Å². The minimum Gasteiger partial charge on any atom is -0.465 e. The van der Waals surface area contributed by atoms with E-state index in [0.717, 1.165) is 19.4 Å². The number of piperidine rings is 1. The molecule has 1 aliphatic rings. The van der Waals surface area contributed by atoms with Gasteiger partial charge in [-0.05, 0) is 12.8 Å². The summed E-state index contributed by atoms with van der Waals surface area (Å²) in [7, 11) is 0. The molecule has 1 amide bonds. The molecule has 1 unspecified atom stereocenters. The molecular formula is C9H16N2O2. The first-order chi connectivity index (χ1) is 6.24. The molecule has 0 bridgehead atoms. The molecule has 0 aromatic heterocycles. The summed E-state index contributed by atoms with van der Waals surface area (Å²) >= 11 is 0. The van der Waals surface area contributed by atoms with Crippen molar-refractivity contribution < 1.29 is 9.90 Å². The maximum Gasteiger partial charge on any atom is 0.407 e. The summed E-state index contributed by atoms with van der Waals surface area (Å²) in [5, 5.41) is 12.0. The number of likely N-dealkylation sites (tertiary alicyclic amines) is 1. The zero-order valence-corrected chi connectivity index (χ0v) is 7.70. The highest BCUT2D eigenvalue weighted by Crippen LogP contribution is 2.09. The van der Waals surface area contributed by atoms with Gasteiger partial charge in [0.2, 0.25) is 0 Å². The summed E-state index contributed by atoms with van der Waals surface area (Å²) in [6.45, 7) is 5.62. The molecule has 13 heavy (non-hydrogen) atoms. The van der Waals surface area contributed by atoms with E-state index in [-0.39, 0.29) is 0 Å². The van der Waals surface area contributed by atoms with Gasteiger partial charge in [-0.15, -0.1) is 6.58 Å². The lowest BCUT2D eigenvalue weighted by Gasteiger charge is -2.31. The van der Waals surface area contributed by atoms with Gasteiger partial charge in [-0.3, -0.25) is 0 Å². The molecule has 0 radical (unpaired) electrons. The fourth-order valence-electron chi connectivity index (χ4n) is 1.57. The molecule has 1 aliphatic heterocycles. The third-order valence-electron chi connectivity index (χ3n) is 2.24. The summed E-state index contributed by atoms with van der Waals surface area (Å²) in [5.41, 5.74) is 0. The zero-order chi connectivity index (χ0) is 9.68. The Kier molecular flexibility index (Phi) is 3.76. The molecule has 74 valence electrons. The normalized spacial score (nSPS) is 22.8. The Labute approximate surface area is 78.2 Å². The van der Waals surface area contributed by atoms with Gasteiger partial charge in [-0.25, -0.2) is 4.79 Å². The number of carbonyl (C=O) groups is 1. The first-order valence-corrected chi connectivity index (χ1v) is 4.56. The van der Waals surface area contributed by atoms with Crippen LogP contribution in [0.5, 0.6) is 0 Å². The first-order valence-electron chi connectivity index (χ1n) is 4.56. The van der Waals surface area contributed by atoms with Crippen molar-refractivity contribution in [2.24, 2.45) is 0 Å². The van der Waals surface area contributed by atoms with Crippen LogP contribution in [0.1, 0.15) is 12.8 Å². The Bertz CT molecular complexity index is 194. The molecule has 0 aromatic rings. The fraction of sp³-hybridized carbons (Fsp3) is 0.667. The van der Waals surface area contributed by atoms with E-state index in [2.05, 4.69) is 11.9 Å². The van der Waals surface area contributed by atoms with E-state index in [1.54, 1.807) is 6.08 Å². The average Bonchev–Trinajstić information content (AvgIpc) is 2.15. The van der Waals surface area contributed by atoms with E-state index in [0.29, 0.717) is 19.1 Å². The highest BCUT2D eigenvalue weighted by Gasteiger charge is 2.21. The van der Waals surface area contributed by atoms with Crippen molar-refractivity contribution in [1.82, 2.24) is 10.2 Å². The lowest BCUT2D eigenvalue weighted by atomic mass is 10.1. The minimum absolute atomic E-state index is 0.294. The van der Waals surface area contributed by atoms with Crippen LogP contribution >= 0.6 is 0 Å². The number of hydrogen-bond donors (Lipinski definition) is 2. The molecule has 0 aliphatic carbocycles. The Balaban J connectivity index is 2.32. The SMILES string of the molecule is C=CCNC1CCCN(C(=O)O)C1. The minimum atomic E-state index is -0.815. The fourth-order valence-corrected chi connectivity index (χ4v) is 1.57. The molecule has 1 heterocycles. The van der Waals surface area contributed by atoms with E-state index >= 15 is 0 Å². The largest absolute Gasteiger partial charge is 0.465 e. The second-order valence-electron chi connectivity index (χ2n) is 3.26. The second-order valence-corrected chi connectivity index (χ2v) is 3.26. The number of hydrogen-bond acceptors (Lipinski definition) is 2. The van der Waals surface area contributed by atoms with Gasteiger partial charge in [-0.1, -0.05) is 6.08 Å². The van der Waals surface area contributed by atoms with Crippen LogP contribution < -0.4 is 5.32 Å². The Morgan fingerprint density at radius 1 is 1.77 bits per heavy atom. The molecule has 4 nitrogen and oxygen atoms in total. The lowest BCUT2D eigenvalue weighted by Crippen LogP contribution is -2.47. The molecule has 1 fully saturated rings. The molecule has 1 saturated heterocycles. The Morgan fingerprint density at radius 3 is 3.15 bits per heavy atom. The van der Waals surface area contributed by atoms with Gasteiger partial charge in [-0.2, -0.15) is 0 Å². The van der Waals surface area contributed by atoms with E-state index in [1.165, 1.54) is 4.90 Å². The van der Waals surface area contributed by atoms with Gasteiger partial charge in [0.25, 0.3) is 0 Å². The van der Waals surface area contributed by atoms with Gasteiger partial charge < -0.3 is 15.3 Å². The standard InChI is InChI=1S/C9H16N2O2/c1-2-5-10-8-4-3-6-11(7-8)9(12)13/h2,8,10H,1,3-7H2,(H,12,13). The molecule has 2 N–H and O–H groups in total. The lowest BCUT2D eigenvalue weighted by molar-refractivity contribution is 0.127. The summed E-state index contributed by atoms with van der Waals surface area (Å²) in [4.78, 5) is 12.1. The summed E-state index contributed by atoms with van der Waals surface area (Å²) in [6, 6.07) is 0.294.